The van der Waals surface area contributed by atoms with Gasteiger partial charge in [-0.05, 0) is 25.7 Å². The average molecular weight is 223 g/mol. The molecule has 2 aliphatic rings. The second-order valence-corrected chi connectivity index (χ2v) is 5.14. The highest BCUT2D eigenvalue weighted by Gasteiger charge is 2.31. The van der Waals surface area contributed by atoms with Gasteiger partial charge in [0.25, 0.3) is 0 Å². The van der Waals surface area contributed by atoms with E-state index in [0.29, 0.717) is 6.42 Å². The van der Waals surface area contributed by atoms with E-state index in [4.69, 9.17) is 10.5 Å². The highest BCUT2D eigenvalue weighted by atomic mass is 16.5. The van der Waals surface area contributed by atoms with E-state index in [9.17, 15) is 4.79 Å². The summed E-state index contributed by atoms with van der Waals surface area (Å²) < 4.78 is 5.20. The maximum Gasteiger partial charge on any atom is 0.163 e. The number of carbonyl (C=O) groups excluding carboxylic acids is 1. The fourth-order valence-electron chi connectivity index (χ4n) is 2.64. The van der Waals surface area contributed by atoms with Gasteiger partial charge in [0, 0.05) is 17.5 Å². The van der Waals surface area contributed by atoms with Crippen molar-refractivity contribution in [3.8, 4) is 0 Å². The first-order chi connectivity index (χ1) is 7.70. The van der Waals surface area contributed by atoms with E-state index in [2.05, 4.69) is 0 Å². The molecule has 1 aliphatic heterocycles. The van der Waals surface area contributed by atoms with Crippen molar-refractivity contribution in [2.45, 2.75) is 56.9 Å². The van der Waals surface area contributed by atoms with Crippen molar-refractivity contribution in [3.05, 3.63) is 11.8 Å². The molecule has 0 aromatic carbocycles. The van der Waals surface area contributed by atoms with Gasteiger partial charge in [0.1, 0.15) is 0 Å². The van der Waals surface area contributed by atoms with Crippen LogP contribution in [0.4, 0.5) is 0 Å². The molecule has 1 heterocycles. The van der Waals surface area contributed by atoms with Crippen LogP contribution in [0.5, 0.6) is 0 Å². The van der Waals surface area contributed by atoms with E-state index in [1.807, 2.05) is 0 Å². The molecule has 2 N–H and O–H groups in total. The molecule has 0 amide bonds. The Hall–Kier alpha value is -0.830. The van der Waals surface area contributed by atoms with Gasteiger partial charge in [-0.3, -0.25) is 4.79 Å². The number of ketones is 1. The Morgan fingerprint density at radius 2 is 2.06 bits per heavy atom. The Bertz CT molecular complexity index is 290. The van der Waals surface area contributed by atoms with Crippen LogP contribution in [0.3, 0.4) is 0 Å². The SMILES string of the molecule is NC1(CC(=O)C2=COCCC2)CCCCC1. The number of nitrogens with two attached hydrogens (primary N) is 1. The molecule has 1 saturated carbocycles. The zero-order chi connectivity index (χ0) is 11.4. The first kappa shape index (κ1) is 11.6. The monoisotopic (exact) mass is 223 g/mol. The molecule has 0 bridgehead atoms. The highest BCUT2D eigenvalue weighted by Crippen LogP contribution is 2.30. The molecular weight excluding hydrogens is 202 g/mol. The molecule has 1 aliphatic carbocycles. The lowest BCUT2D eigenvalue weighted by Gasteiger charge is -2.33. The fourth-order valence-corrected chi connectivity index (χ4v) is 2.64. The van der Waals surface area contributed by atoms with Crippen LogP contribution in [-0.4, -0.2) is 17.9 Å². The number of hydrogen-bond donors (Lipinski definition) is 1. The lowest BCUT2D eigenvalue weighted by molar-refractivity contribution is -0.117. The second-order valence-electron chi connectivity index (χ2n) is 5.14. The van der Waals surface area contributed by atoms with Crippen molar-refractivity contribution in [3.63, 3.8) is 0 Å². The third-order valence-corrected chi connectivity index (χ3v) is 3.65. The molecule has 1 fully saturated rings. The number of rotatable bonds is 3. The standard InChI is InChI=1S/C13H21NO2/c14-13(6-2-1-3-7-13)9-12(15)11-5-4-8-16-10-11/h10H,1-9,14H2. The molecule has 16 heavy (non-hydrogen) atoms. The molecule has 3 nitrogen and oxygen atoms in total. The van der Waals surface area contributed by atoms with Gasteiger partial charge >= 0.3 is 0 Å². The summed E-state index contributed by atoms with van der Waals surface area (Å²) in [5, 5.41) is 0. The predicted octanol–water partition coefficient (Wildman–Crippen LogP) is 2.30. The minimum absolute atomic E-state index is 0.198. The van der Waals surface area contributed by atoms with Gasteiger partial charge in [0.2, 0.25) is 0 Å². The molecule has 0 radical (unpaired) electrons. The summed E-state index contributed by atoms with van der Waals surface area (Å²) in [7, 11) is 0. The van der Waals surface area contributed by atoms with Crippen molar-refractivity contribution < 1.29 is 9.53 Å². The first-order valence-corrected chi connectivity index (χ1v) is 6.32. The second kappa shape index (κ2) is 5.00. The summed E-state index contributed by atoms with van der Waals surface area (Å²) in [6, 6.07) is 0. The van der Waals surface area contributed by atoms with Gasteiger partial charge in [-0.15, -0.1) is 0 Å². The summed E-state index contributed by atoms with van der Waals surface area (Å²) in [5.74, 6) is 0.198. The number of ether oxygens (including phenoxy) is 1. The van der Waals surface area contributed by atoms with E-state index in [-0.39, 0.29) is 11.3 Å². The summed E-state index contributed by atoms with van der Waals surface area (Å²) in [6.07, 6.45) is 9.53. The molecule has 0 unspecified atom stereocenters. The minimum atomic E-state index is -0.242. The van der Waals surface area contributed by atoms with Crippen LogP contribution in [0.15, 0.2) is 11.8 Å². The average Bonchev–Trinajstić information content (AvgIpc) is 2.30. The Labute approximate surface area is 97.0 Å². The van der Waals surface area contributed by atoms with Gasteiger partial charge < -0.3 is 10.5 Å². The van der Waals surface area contributed by atoms with E-state index >= 15 is 0 Å². The minimum Gasteiger partial charge on any atom is -0.501 e. The van der Waals surface area contributed by atoms with Crippen LogP contribution in [0.1, 0.15) is 51.4 Å². The summed E-state index contributed by atoms with van der Waals surface area (Å²) >= 11 is 0. The zero-order valence-corrected chi connectivity index (χ0v) is 9.84. The molecule has 0 spiro atoms. The summed E-state index contributed by atoms with van der Waals surface area (Å²) in [4.78, 5) is 12.0. The van der Waals surface area contributed by atoms with E-state index < -0.39 is 0 Å². The fraction of sp³-hybridized carbons (Fsp3) is 0.769. The summed E-state index contributed by atoms with van der Waals surface area (Å²) in [6.45, 7) is 0.741. The molecule has 0 saturated heterocycles. The van der Waals surface area contributed by atoms with Crippen LogP contribution >= 0.6 is 0 Å². The number of hydrogen-bond acceptors (Lipinski definition) is 3. The number of Topliss-reactive ketones (excluding diaryl/α,β-unsaturated/α-hetero) is 1. The van der Waals surface area contributed by atoms with E-state index in [1.165, 1.54) is 19.3 Å². The molecule has 2 rings (SSSR count). The predicted molar refractivity (Wildman–Crippen MR) is 62.9 cm³/mol. The molecular formula is C13H21NO2. The third kappa shape index (κ3) is 2.85. The van der Waals surface area contributed by atoms with Crippen LogP contribution in [0, 0.1) is 0 Å². The van der Waals surface area contributed by atoms with Crippen molar-refractivity contribution in [2.24, 2.45) is 5.73 Å². The maximum absolute atomic E-state index is 12.0. The normalized spacial score (nSPS) is 24.4. The van der Waals surface area contributed by atoms with Crippen molar-refractivity contribution in [1.82, 2.24) is 0 Å². The third-order valence-electron chi connectivity index (χ3n) is 3.65. The topological polar surface area (TPSA) is 52.3 Å². The molecule has 0 aromatic heterocycles. The lowest BCUT2D eigenvalue weighted by atomic mass is 9.78. The smallest absolute Gasteiger partial charge is 0.163 e. The van der Waals surface area contributed by atoms with Gasteiger partial charge in [-0.1, -0.05) is 19.3 Å². The van der Waals surface area contributed by atoms with Gasteiger partial charge in [-0.25, -0.2) is 0 Å². The largest absolute Gasteiger partial charge is 0.501 e. The van der Waals surface area contributed by atoms with Crippen molar-refractivity contribution in [2.75, 3.05) is 6.61 Å². The van der Waals surface area contributed by atoms with Crippen LogP contribution in [0.25, 0.3) is 0 Å². The maximum atomic E-state index is 12.0. The Balaban J connectivity index is 1.92. The van der Waals surface area contributed by atoms with Gasteiger partial charge in [0.05, 0.1) is 12.9 Å². The van der Waals surface area contributed by atoms with Crippen molar-refractivity contribution in [1.29, 1.82) is 0 Å². The van der Waals surface area contributed by atoms with Gasteiger partial charge in [0.15, 0.2) is 5.78 Å². The molecule has 0 aromatic rings. The molecule has 90 valence electrons. The Kier molecular flexibility index (Phi) is 3.64. The van der Waals surface area contributed by atoms with Crippen LogP contribution in [0.2, 0.25) is 0 Å². The number of carbonyl (C=O) groups is 1. The van der Waals surface area contributed by atoms with Gasteiger partial charge in [-0.2, -0.15) is 0 Å². The summed E-state index contributed by atoms with van der Waals surface area (Å²) in [5.41, 5.74) is 6.87. The van der Waals surface area contributed by atoms with E-state index in [1.54, 1.807) is 6.26 Å². The highest BCUT2D eigenvalue weighted by molar-refractivity contribution is 5.95. The van der Waals surface area contributed by atoms with Crippen LogP contribution in [-0.2, 0) is 9.53 Å². The quantitative estimate of drug-likeness (QED) is 0.798. The molecule has 3 heteroatoms. The number of allylic oxidation sites excluding steroid dienone is 1. The zero-order valence-electron chi connectivity index (χ0n) is 9.84. The van der Waals surface area contributed by atoms with E-state index in [0.717, 1.165) is 37.9 Å². The lowest BCUT2D eigenvalue weighted by Crippen LogP contribution is -2.43. The van der Waals surface area contributed by atoms with Crippen LogP contribution < -0.4 is 5.73 Å². The molecule has 0 atom stereocenters. The Morgan fingerprint density at radius 1 is 1.31 bits per heavy atom. The van der Waals surface area contributed by atoms with Crippen molar-refractivity contribution >= 4 is 5.78 Å². The Morgan fingerprint density at radius 3 is 2.69 bits per heavy atom. The first-order valence-electron chi connectivity index (χ1n) is 6.32.